The fraction of sp³-hybridized carbons (Fsp3) is 0.444. The first-order valence-corrected chi connectivity index (χ1v) is 7.57. The first-order valence-electron chi connectivity index (χ1n) is 7.57. The van der Waals surface area contributed by atoms with Crippen LogP contribution in [-0.4, -0.2) is 23.4 Å². The Labute approximate surface area is 119 Å². The lowest BCUT2D eigenvalue weighted by Crippen LogP contribution is -2.22. The summed E-state index contributed by atoms with van der Waals surface area (Å²) >= 11 is 0. The van der Waals surface area contributed by atoms with Gasteiger partial charge in [-0.1, -0.05) is 24.3 Å². The molecule has 2 nitrogen and oxygen atoms in total. The average molecular weight is 268 g/mol. The Balaban J connectivity index is 1.94. The van der Waals surface area contributed by atoms with E-state index in [4.69, 9.17) is 0 Å². The first kappa shape index (κ1) is 12.4. The third-order valence-electron chi connectivity index (χ3n) is 5.06. The maximum absolute atomic E-state index is 9.48. The lowest BCUT2D eigenvalue weighted by Gasteiger charge is -2.30. The van der Waals surface area contributed by atoms with Crippen LogP contribution in [0.5, 0.6) is 0 Å². The molecule has 2 aliphatic rings. The van der Waals surface area contributed by atoms with Crippen molar-refractivity contribution in [1.29, 1.82) is 0 Å². The summed E-state index contributed by atoms with van der Waals surface area (Å²) < 4.78 is 0. The maximum atomic E-state index is 9.48. The third-order valence-corrected chi connectivity index (χ3v) is 5.06. The van der Waals surface area contributed by atoms with Gasteiger partial charge in [-0.15, -0.1) is 0 Å². The zero-order chi connectivity index (χ0) is 13.7. The Hall–Kier alpha value is -1.38. The van der Waals surface area contributed by atoms with E-state index in [1.54, 1.807) is 0 Å². The average Bonchev–Trinajstić information content (AvgIpc) is 2.51. The number of hydrogen-bond acceptors (Lipinski definition) is 2. The van der Waals surface area contributed by atoms with E-state index in [1.165, 1.54) is 33.0 Å². The lowest BCUT2D eigenvalue weighted by molar-refractivity contribution is 0.222. The molecule has 0 saturated heterocycles. The standard InChI is InChI=1S/C18H20O2/c19-9-11-5-13-1-2-14-6-12(10-20)8-16-4-3-15(7-11)17(13)18(14)16/h1-4,11-12,19-20H,5-10H2. The van der Waals surface area contributed by atoms with Gasteiger partial charge in [0.2, 0.25) is 0 Å². The molecule has 0 radical (unpaired) electrons. The minimum absolute atomic E-state index is 0.275. The predicted octanol–water partition coefficient (Wildman–Crippen LogP) is 2.25. The summed E-state index contributed by atoms with van der Waals surface area (Å²) in [7, 11) is 0. The molecule has 0 amide bonds. The van der Waals surface area contributed by atoms with Gasteiger partial charge in [0, 0.05) is 13.2 Å². The Morgan fingerprint density at radius 1 is 0.650 bits per heavy atom. The van der Waals surface area contributed by atoms with Crippen molar-refractivity contribution in [2.24, 2.45) is 11.8 Å². The van der Waals surface area contributed by atoms with Gasteiger partial charge in [0.1, 0.15) is 0 Å². The van der Waals surface area contributed by atoms with Crippen molar-refractivity contribution >= 4 is 10.8 Å². The Morgan fingerprint density at radius 2 is 0.950 bits per heavy atom. The molecule has 104 valence electrons. The molecule has 0 heterocycles. The normalized spacial score (nSPS) is 18.7. The summed E-state index contributed by atoms with van der Waals surface area (Å²) in [6.45, 7) is 0.550. The molecule has 2 aromatic carbocycles. The van der Waals surface area contributed by atoms with E-state index in [0.29, 0.717) is 11.8 Å². The van der Waals surface area contributed by atoms with Gasteiger partial charge in [-0.25, -0.2) is 0 Å². The molecule has 0 bridgehead atoms. The van der Waals surface area contributed by atoms with Crippen LogP contribution >= 0.6 is 0 Å². The summed E-state index contributed by atoms with van der Waals surface area (Å²) in [4.78, 5) is 0. The predicted molar refractivity (Wildman–Crippen MR) is 79.9 cm³/mol. The molecule has 0 spiro atoms. The minimum atomic E-state index is 0.275. The van der Waals surface area contributed by atoms with Gasteiger partial charge in [0.25, 0.3) is 0 Å². The van der Waals surface area contributed by atoms with Crippen molar-refractivity contribution in [2.75, 3.05) is 13.2 Å². The van der Waals surface area contributed by atoms with Crippen LogP contribution < -0.4 is 0 Å². The summed E-state index contributed by atoms with van der Waals surface area (Å²) in [5, 5.41) is 21.8. The maximum Gasteiger partial charge on any atom is 0.0465 e. The summed E-state index contributed by atoms with van der Waals surface area (Å²) in [6.07, 6.45) is 3.97. The van der Waals surface area contributed by atoms with E-state index in [1.807, 2.05) is 0 Å². The molecule has 2 N–H and O–H groups in total. The van der Waals surface area contributed by atoms with E-state index >= 15 is 0 Å². The zero-order valence-electron chi connectivity index (χ0n) is 11.6. The van der Waals surface area contributed by atoms with Gasteiger partial charge in [-0.3, -0.25) is 0 Å². The van der Waals surface area contributed by atoms with Gasteiger partial charge < -0.3 is 10.2 Å². The van der Waals surface area contributed by atoms with Gasteiger partial charge in [0.15, 0.2) is 0 Å². The van der Waals surface area contributed by atoms with Crippen molar-refractivity contribution < 1.29 is 10.2 Å². The van der Waals surface area contributed by atoms with Crippen LogP contribution in [0.1, 0.15) is 22.3 Å². The quantitative estimate of drug-likeness (QED) is 0.877. The molecule has 0 unspecified atom stereocenters. The number of rotatable bonds is 2. The largest absolute Gasteiger partial charge is 0.396 e. The van der Waals surface area contributed by atoms with Crippen LogP contribution in [0, 0.1) is 11.8 Å². The Morgan fingerprint density at radius 3 is 1.20 bits per heavy atom. The molecule has 0 saturated carbocycles. The van der Waals surface area contributed by atoms with Gasteiger partial charge in [-0.2, -0.15) is 0 Å². The highest BCUT2D eigenvalue weighted by atomic mass is 16.3. The Kier molecular flexibility index (Phi) is 2.83. The number of aliphatic hydroxyl groups is 2. The van der Waals surface area contributed by atoms with Crippen molar-refractivity contribution in [3.8, 4) is 0 Å². The van der Waals surface area contributed by atoms with Crippen molar-refractivity contribution in [3.05, 3.63) is 46.5 Å². The highest BCUT2D eigenvalue weighted by molar-refractivity contribution is 5.95. The highest BCUT2D eigenvalue weighted by Gasteiger charge is 2.26. The fourth-order valence-electron chi connectivity index (χ4n) is 4.12. The van der Waals surface area contributed by atoms with Gasteiger partial charge >= 0.3 is 0 Å². The van der Waals surface area contributed by atoms with Crippen molar-refractivity contribution in [2.45, 2.75) is 25.7 Å². The molecule has 0 atom stereocenters. The Bertz CT molecular complexity index is 565. The molecule has 2 aromatic rings. The lowest BCUT2D eigenvalue weighted by atomic mass is 9.75. The van der Waals surface area contributed by atoms with E-state index < -0.39 is 0 Å². The molecule has 0 fully saturated rings. The molecule has 0 aliphatic heterocycles. The molecule has 2 aliphatic carbocycles. The van der Waals surface area contributed by atoms with E-state index in [0.717, 1.165) is 25.7 Å². The molecule has 20 heavy (non-hydrogen) atoms. The molecule has 4 rings (SSSR count). The second-order valence-corrected chi connectivity index (χ2v) is 6.43. The molecule has 2 heteroatoms. The molecular weight excluding hydrogens is 248 g/mol. The van der Waals surface area contributed by atoms with E-state index in [9.17, 15) is 10.2 Å². The molecule has 0 aromatic heterocycles. The van der Waals surface area contributed by atoms with Crippen LogP contribution in [0.4, 0.5) is 0 Å². The second kappa shape index (κ2) is 4.57. The van der Waals surface area contributed by atoms with E-state index in [2.05, 4.69) is 24.3 Å². The van der Waals surface area contributed by atoms with Crippen LogP contribution in [-0.2, 0) is 25.7 Å². The number of hydrogen-bond donors (Lipinski definition) is 2. The third kappa shape index (κ3) is 1.72. The van der Waals surface area contributed by atoms with Gasteiger partial charge in [0.05, 0.1) is 0 Å². The van der Waals surface area contributed by atoms with Crippen molar-refractivity contribution in [1.82, 2.24) is 0 Å². The highest BCUT2D eigenvalue weighted by Crippen LogP contribution is 2.39. The summed E-state index contributed by atoms with van der Waals surface area (Å²) in [5.41, 5.74) is 5.59. The van der Waals surface area contributed by atoms with Crippen molar-refractivity contribution in [3.63, 3.8) is 0 Å². The number of benzene rings is 2. The first-order chi connectivity index (χ1) is 9.80. The topological polar surface area (TPSA) is 40.5 Å². The SMILES string of the molecule is OCC1Cc2ccc3c4c(ccc(c24)C1)CC(CO)C3. The smallest absolute Gasteiger partial charge is 0.0465 e. The zero-order valence-corrected chi connectivity index (χ0v) is 11.6. The van der Waals surface area contributed by atoms with Crippen LogP contribution in [0.25, 0.3) is 10.8 Å². The summed E-state index contributed by atoms with van der Waals surface area (Å²) in [5.74, 6) is 0.742. The number of aliphatic hydroxyl groups excluding tert-OH is 2. The second-order valence-electron chi connectivity index (χ2n) is 6.43. The fourth-order valence-corrected chi connectivity index (χ4v) is 4.12. The van der Waals surface area contributed by atoms with Crippen LogP contribution in [0.3, 0.4) is 0 Å². The molecular formula is C18H20O2. The van der Waals surface area contributed by atoms with Gasteiger partial charge in [-0.05, 0) is 70.5 Å². The minimum Gasteiger partial charge on any atom is -0.396 e. The monoisotopic (exact) mass is 268 g/mol. The van der Waals surface area contributed by atoms with Crippen LogP contribution in [0.2, 0.25) is 0 Å². The van der Waals surface area contributed by atoms with E-state index in [-0.39, 0.29) is 13.2 Å². The van der Waals surface area contributed by atoms with Crippen LogP contribution in [0.15, 0.2) is 24.3 Å². The summed E-state index contributed by atoms with van der Waals surface area (Å²) in [6, 6.07) is 8.97.